The van der Waals surface area contributed by atoms with Crippen molar-refractivity contribution in [1.29, 1.82) is 0 Å². The molecule has 15 heavy (non-hydrogen) atoms. The lowest BCUT2D eigenvalue weighted by Crippen LogP contribution is -2.35. The van der Waals surface area contributed by atoms with E-state index >= 15 is 0 Å². The molecule has 84 valence electrons. The highest BCUT2D eigenvalue weighted by Gasteiger charge is 2.18. The summed E-state index contributed by atoms with van der Waals surface area (Å²) in [7, 11) is 0. The van der Waals surface area contributed by atoms with Crippen molar-refractivity contribution < 1.29 is 9.47 Å². The molecule has 0 aromatic carbocycles. The molecule has 2 heterocycles. The Labute approximate surface area is 94.4 Å². The summed E-state index contributed by atoms with van der Waals surface area (Å²) < 4.78 is 10.7. The van der Waals surface area contributed by atoms with Gasteiger partial charge < -0.3 is 14.8 Å². The zero-order chi connectivity index (χ0) is 10.5. The third-order valence-corrected chi connectivity index (χ3v) is 3.39. The Bertz CT molecular complexity index is 297. The van der Waals surface area contributed by atoms with Crippen LogP contribution in [0.5, 0.6) is 0 Å². The van der Waals surface area contributed by atoms with Crippen LogP contribution in [0.4, 0.5) is 0 Å². The molecular formula is C11H17NO2S. The molecule has 1 N–H and O–H groups in total. The minimum atomic E-state index is 0.323. The van der Waals surface area contributed by atoms with Gasteiger partial charge in [0.15, 0.2) is 0 Å². The van der Waals surface area contributed by atoms with Gasteiger partial charge in [0.25, 0.3) is 0 Å². The number of nitrogens with one attached hydrogen (secondary N) is 1. The third-order valence-electron chi connectivity index (χ3n) is 2.34. The van der Waals surface area contributed by atoms with Crippen molar-refractivity contribution in [3.05, 3.63) is 21.9 Å². The second-order valence-electron chi connectivity index (χ2n) is 3.62. The van der Waals surface area contributed by atoms with E-state index in [2.05, 4.69) is 24.4 Å². The number of thiophene rings is 1. The summed E-state index contributed by atoms with van der Waals surface area (Å²) in [5, 5.41) is 3.31. The lowest BCUT2D eigenvalue weighted by Gasteiger charge is -2.25. The van der Waals surface area contributed by atoms with E-state index in [0.29, 0.717) is 6.10 Å². The molecule has 0 aliphatic carbocycles. The zero-order valence-electron chi connectivity index (χ0n) is 8.99. The quantitative estimate of drug-likeness (QED) is 0.803. The highest BCUT2D eigenvalue weighted by Crippen LogP contribution is 2.18. The molecule has 1 fully saturated rings. The first kappa shape index (κ1) is 11.1. The van der Waals surface area contributed by atoms with Gasteiger partial charge in [-0.05, 0) is 18.7 Å². The highest BCUT2D eigenvalue weighted by molar-refractivity contribution is 7.11. The van der Waals surface area contributed by atoms with E-state index in [1.807, 2.05) is 11.3 Å². The fourth-order valence-corrected chi connectivity index (χ4v) is 2.26. The van der Waals surface area contributed by atoms with Gasteiger partial charge in [-0.15, -0.1) is 11.3 Å². The molecule has 2 rings (SSSR count). The minimum Gasteiger partial charge on any atom is -0.376 e. The van der Waals surface area contributed by atoms with Gasteiger partial charge in [-0.1, -0.05) is 6.92 Å². The Morgan fingerprint density at radius 3 is 2.93 bits per heavy atom. The van der Waals surface area contributed by atoms with Gasteiger partial charge in [-0.25, -0.2) is 0 Å². The first-order valence-corrected chi connectivity index (χ1v) is 6.17. The van der Waals surface area contributed by atoms with E-state index in [-0.39, 0.29) is 0 Å². The molecule has 0 radical (unpaired) electrons. The minimum absolute atomic E-state index is 0.323. The number of hydrogen-bond donors (Lipinski definition) is 1. The SMILES string of the molecule is CCNCc1ccc(COC2COC2)s1. The van der Waals surface area contributed by atoms with Crippen LogP contribution in [0.3, 0.4) is 0 Å². The molecule has 0 atom stereocenters. The molecule has 0 bridgehead atoms. The van der Waals surface area contributed by atoms with Crippen LogP contribution < -0.4 is 5.32 Å². The second kappa shape index (κ2) is 5.61. The molecule has 0 spiro atoms. The van der Waals surface area contributed by atoms with E-state index in [1.54, 1.807) is 0 Å². The largest absolute Gasteiger partial charge is 0.376 e. The molecule has 1 aliphatic rings. The van der Waals surface area contributed by atoms with Crippen molar-refractivity contribution >= 4 is 11.3 Å². The van der Waals surface area contributed by atoms with E-state index in [4.69, 9.17) is 9.47 Å². The predicted octanol–water partition coefficient (Wildman–Crippen LogP) is 1.77. The number of hydrogen-bond acceptors (Lipinski definition) is 4. The summed E-state index contributed by atoms with van der Waals surface area (Å²) in [6.07, 6.45) is 0.323. The van der Waals surface area contributed by atoms with Crippen molar-refractivity contribution in [2.24, 2.45) is 0 Å². The predicted molar refractivity (Wildman–Crippen MR) is 61.1 cm³/mol. The molecule has 1 aromatic heterocycles. The topological polar surface area (TPSA) is 30.5 Å². The maximum atomic E-state index is 5.65. The Morgan fingerprint density at radius 1 is 1.47 bits per heavy atom. The van der Waals surface area contributed by atoms with Gasteiger partial charge in [-0.2, -0.15) is 0 Å². The lowest BCUT2D eigenvalue weighted by molar-refractivity contribution is -0.134. The summed E-state index contributed by atoms with van der Waals surface area (Å²) in [6.45, 7) is 6.35. The maximum absolute atomic E-state index is 5.65. The number of ether oxygens (including phenoxy) is 2. The molecule has 1 aromatic rings. The Morgan fingerprint density at radius 2 is 2.27 bits per heavy atom. The van der Waals surface area contributed by atoms with Crippen LogP contribution in [-0.4, -0.2) is 25.9 Å². The van der Waals surface area contributed by atoms with Crippen molar-refractivity contribution in [3.8, 4) is 0 Å². The van der Waals surface area contributed by atoms with Crippen LogP contribution >= 0.6 is 11.3 Å². The first-order valence-electron chi connectivity index (χ1n) is 5.36. The van der Waals surface area contributed by atoms with E-state index in [0.717, 1.165) is 32.9 Å². The normalized spacial score (nSPS) is 16.6. The molecule has 0 unspecified atom stereocenters. The van der Waals surface area contributed by atoms with Crippen LogP contribution in [0, 0.1) is 0 Å². The summed E-state index contributed by atoms with van der Waals surface area (Å²) in [4.78, 5) is 2.68. The average Bonchev–Trinajstić information content (AvgIpc) is 2.60. The standard InChI is InChI=1S/C11H17NO2S/c1-2-12-5-10-3-4-11(15-10)8-14-9-6-13-7-9/h3-4,9,12H,2,5-8H2,1H3. The third kappa shape index (κ3) is 3.28. The smallest absolute Gasteiger partial charge is 0.105 e. The summed E-state index contributed by atoms with van der Waals surface area (Å²) >= 11 is 1.82. The Balaban J connectivity index is 1.73. The van der Waals surface area contributed by atoms with Crippen LogP contribution in [0.1, 0.15) is 16.7 Å². The molecule has 3 nitrogen and oxygen atoms in total. The molecule has 4 heteroatoms. The maximum Gasteiger partial charge on any atom is 0.105 e. The van der Waals surface area contributed by atoms with Crippen molar-refractivity contribution in [2.45, 2.75) is 26.2 Å². The van der Waals surface area contributed by atoms with Gasteiger partial charge in [0, 0.05) is 16.3 Å². The Kier molecular flexibility index (Phi) is 4.14. The zero-order valence-corrected chi connectivity index (χ0v) is 9.81. The van der Waals surface area contributed by atoms with Crippen molar-refractivity contribution in [3.63, 3.8) is 0 Å². The molecule has 0 amide bonds. The van der Waals surface area contributed by atoms with Gasteiger partial charge in [-0.3, -0.25) is 0 Å². The van der Waals surface area contributed by atoms with Gasteiger partial charge in [0.1, 0.15) is 6.10 Å². The number of rotatable bonds is 6. The van der Waals surface area contributed by atoms with E-state index in [1.165, 1.54) is 9.75 Å². The van der Waals surface area contributed by atoms with E-state index < -0.39 is 0 Å². The van der Waals surface area contributed by atoms with Crippen molar-refractivity contribution in [1.82, 2.24) is 5.32 Å². The van der Waals surface area contributed by atoms with E-state index in [9.17, 15) is 0 Å². The van der Waals surface area contributed by atoms with Gasteiger partial charge in [0.05, 0.1) is 19.8 Å². The molecular weight excluding hydrogens is 210 g/mol. The van der Waals surface area contributed by atoms with Crippen LogP contribution in [0.15, 0.2) is 12.1 Å². The summed E-state index contributed by atoms with van der Waals surface area (Å²) in [5.41, 5.74) is 0. The second-order valence-corrected chi connectivity index (χ2v) is 4.87. The summed E-state index contributed by atoms with van der Waals surface area (Å²) in [5.74, 6) is 0. The summed E-state index contributed by atoms with van der Waals surface area (Å²) in [6, 6.07) is 4.32. The Hall–Kier alpha value is -0.420. The highest BCUT2D eigenvalue weighted by atomic mass is 32.1. The van der Waals surface area contributed by atoms with Crippen LogP contribution in [0.2, 0.25) is 0 Å². The lowest BCUT2D eigenvalue weighted by atomic mass is 10.3. The fourth-order valence-electron chi connectivity index (χ4n) is 1.35. The van der Waals surface area contributed by atoms with Crippen LogP contribution in [0.25, 0.3) is 0 Å². The molecule has 1 saturated heterocycles. The fraction of sp³-hybridized carbons (Fsp3) is 0.636. The monoisotopic (exact) mass is 227 g/mol. The van der Waals surface area contributed by atoms with Gasteiger partial charge in [0.2, 0.25) is 0 Å². The first-order chi connectivity index (χ1) is 7.38. The average molecular weight is 227 g/mol. The molecule has 1 aliphatic heterocycles. The van der Waals surface area contributed by atoms with Gasteiger partial charge >= 0.3 is 0 Å². The van der Waals surface area contributed by atoms with Crippen LogP contribution in [-0.2, 0) is 22.6 Å². The van der Waals surface area contributed by atoms with Crippen molar-refractivity contribution in [2.75, 3.05) is 19.8 Å². The molecule has 0 saturated carbocycles.